The summed E-state index contributed by atoms with van der Waals surface area (Å²) < 4.78 is 3.14. The van der Waals surface area contributed by atoms with E-state index >= 15 is 0 Å². The lowest BCUT2D eigenvalue weighted by molar-refractivity contribution is -0.137. The predicted octanol–water partition coefficient (Wildman–Crippen LogP) is 5.66. The number of tetrazole rings is 2. The van der Waals surface area contributed by atoms with Crippen LogP contribution in [0.2, 0.25) is 0 Å². The number of carboxylic acids is 1. The lowest BCUT2D eigenvalue weighted by Gasteiger charge is -2.61. The van der Waals surface area contributed by atoms with Gasteiger partial charge in [-0.2, -0.15) is 10.2 Å². The molecule has 8 saturated heterocycles. The van der Waals surface area contributed by atoms with Crippen LogP contribution in [0.15, 0.2) is 132 Å². The molecule has 39 heteroatoms. The van der Waals surface area contributed by atoms with E-state index in [1.54, 1.807) is 54.7 Å². The molecule has 652 valence electrons. The second-order valence-corrected chi connectivity index (χ2v) is 35.9. The van der Waals surface area contributed by atoms with Gasteiger partial charge in [0.25, 0.3) is 29.5 Å². The van der Waals surface area contributed by atoms with Crippen molar-refractivity contribution in [3.8, 4) is 22.5 Å². The van der Waals surface area contributed by atoms with Crippen LogP contribution < -0.4 is 51.1 Å². The first-order chi connectivity index (χ1) is 61.2. The van der Waals surface area contributed by atoms with Crippen molar-refractivity contribution in [1.29, 1.82) is 0 Å². The Bertz CT molecular complexity index is 6320. The summed E-state index contributed by atoms with van der Waals surface area (Å²) in [7, 11) is 3.59. The summed E-state index contributed by atoms with van der Waals surface area (Å²) in [6.07, 6.45) is 8.37. The van der Waals surface area contributed by atoms with Gasteiger partial charge in [0.05, 0.1) is 56.5 Å². The molecule has 127 heavy (non-hydrogen) atoms. The summed E-state index contributed by atoms with van der Waals surface area (Å²) in [6, 6.07) is 27.9. The number of nitrogens with one attached hydrogen (secondary N) is 5. The molecule has 2 spiro atoms. The van der Waals surface area contributed by atoms with Gasteiger partial charge in [-0.3, -0.25) is 73.8 Å². The van der Waals surface area contributed by atoms with E-state index in [1.165, 1.54) is 4.68 Å². The van der Waals surface area contributed by atoms with E-state index in [1.807, 2.05) is 98.9 Å². The fourth-order valence-corrected chi connectivity index (χ4v) is 20.9. The Hall–Kier alpha value is -14.2. The Kier molecular flexibility index (Phi) is 20.1. The maximum atomic E-state index is 13.7. The molecular weight excluding hydrogens is 1630 g/mol. The Balaban J connectivity index is 0.000000140. The molecule has 4 atom stereocenters. The van der Waals surface area contributed by atoms with Crippen LogP contribution in [0.4, 0.5) is 46.3 Å². The molecular formula is C88H94N28O11. The number of H-pyrrole nitrogens is 2. The van der Waals surface area contributed by atoms with Crippen LogP contribution in [0.3, 0.4) is 0 Å². The number of nitrogens with two attached hydrogens (primary N) is 1. The van der Waals surface area contributed by atoms with Crippen LogP contribution in [0, 0.1) is 22.7 Å². The number of nitrogens with zero attached hydrogens (tertiary/aromatic N) is 22. The van der Waals surface area contributed by atoms with Crippen LogP contribution in [0.5, 0.6) is 0 Å². The number of piperidine rings is 4. The molecule has 22 rings (SSSR count). The highest BCUT2D eigenvalue weighted by atomic mass is 16.4. The Labute approximate surface area is 726 Å². The van der Waals surface area contributed by atoms with E-state index in [4.69, 9.17) is 15.8 Å². The highest BCUT2D eigenvalue weighted by molar-refractivity contribution is 6.25. The summed E-state index contributed by atoms with van der Waals surface area (Å²) in [6.45, 7) is 21.2. The number of aromatic amines is 2. The minimum atomic E-state index is -0.971. The van der Waals surface area contributed by atoms with Gasteiger partial charge in [-0.05, 0) is 196 Å². The zero-order valence-electron chi connectivity index (χ0n) is 70.9. The molecule has 0 aliphatic carbocycles. The van der Waals surface area contributed by atoms with E-state index in [0.29, 0.717) is 79.6 Å². The maximum Gasteiger partial charge on any atom is 0.335 e. The van der Waals surface area contributed by atoms with Gasteiger partial charge < -0.3 is 55.4 Å². The molecule has 39 nitrogen and oxygen atoms in total. The quantitative estimate of drug-likeness (QED) is 0.0480. The number of aliphatic carboxylic acids is 1. The van der Waals surface area contributed by atoms with E-state index in [9.17, 15) is 47.9 Å². The second kappa shape index (κ2) is 31.5. The number of fused-ring (bicyclic) bond motifs is 6. The van der Waals surface area contributed by atoms with Gasteiger partial charge in [0, 0.05) is 198 Å². The normalized spacial score (nSPS) is 22.2. The Morgan fingerprint density at radius 1 is 0.504 bits per heavy atom. The standard InChI is InChI=1S/C44H46N14O5.C36H37N9O4.C8H11N5O2/c1-24-37(25(2)58-43(53(24)3)50-51-52-58)40(61)46-28-4-7-33-32(17-28)38(49-48-33)27-10-13-45-35(16-27)56-22-44(23-56)20-54(21-44)19-26-11-14-55(15-12-26)29-5-6-30-31(18-29)42(63)57(41(30)62)34-8-9-36(59)47-39(34)60;37-23-1-4-28-27(14-23)32(41-40-28)22-7-10-38-30(13-22)44-19-36(20-44)17-42(18-36)16-21-8-11-43(12-9-21)24-2-3-25-26(15-24)35(49)45(34(25)48)29-5-6-31(46)39-33(29)47;1-4-6(7(14)15)5(2)13-8(12(4)3)9-10-11-13/h4-7,10,13,16-18,25-26,34H,8-9,11-12,14-15,19-23H2,1-3H3,(H,46,61)(H,48,49)(H,47,59,60);1-4,7,10,13-15,21,29H,5-6,8-9,11-12,16-20,37H2,(H,40,41)(H,39,46,47);5H,1-3H3,(H,14,15)/t25-,34?;;5-/m1.1/s1. The molecule has 4 aromatic carbocycles. The van der Waals surface area contributed by atoms with Crippen molar-refractivity contribution < 1.29 is 53.1 Å². The number of nitrogen functional groups attached to an aromatic ring is 1. The first-order valence-electron chi connectivity index (χ1n) is 43.0. The van der Waals surface area contributed by atoms with Gasteiger partial charge in [-0.1, -0.05) is 10.2 Å². The van der Waals surface area contributed by atoms with Gasteiger partial charge in [0.2, 0.25) is 35.5 Å². The average Bonchev–Trinajstić information content (AvgIpc) is 1.72. The lowest BCUT2D eigenvalue weighted by Crippen LogP contribution is -2.72. The van der Waals surface area contributed by atoms with Gasteiger partial charge in [0.1, 0.15) is 35.1 Å². The van der Waals surface area contributed by atoms with Crippen LogP contribution in [-0.4, -0.2) is 272 Å². The maximum absolute atomic E-state index is 13.7. The van der Waals surface area contributed by atoms with Crippen molar-refractivity contribution in [3.05, 3.63) is 154 Å². The smallest absolute Gasteiger partial charge is 0.335 e. The predicted molar refractivity (Wildman–Crippen MR) is 465 cm³/mol. The lowest BCUT2D eigenvalue weighted by atomic mass is 9.72. The molecule has 12 aliphatic rings. The van der Waals surface area contributed by atoms with Gasteiger partial charge in [0.15, 0.2) is 0 Å². The zero-order chi connectivity index (χ0) is 87.9. The SMILES string of the molecule is CC1=C(C(=O)Nc2ccc3[nH]nc(-c4ccnc(N5CC6(CN(CC7CCN(c8ccc9c(c8)C(=O)N(C8CCC(=O)NC8=O)C9=O)CC7)C6)C5)c4)c3c2)[C@@H](C)n2nnnc2N1C.CC1=C(C(=O)O)[C@@H](C)n2nnnc2N1C.Nc1ccc2[nH]nc(-c3ccnc(N4CC5(CN(CC6CCN(c7ccc8c(c7)C(=O)N(C7CCC(=O)NC7=O)C8=O)CC6)C5)C4)c3)c2c1. The molecule has 0 bridgehead atoms. The van der Waals surface area contributed by atoms with Crippen molar-refractivity contribution in [2.75, 3.05) is 146 Å². The van der Waals surface area contributed by atoms with Crippen LogP contribution in [0.1, 0.15) is 133 Å². The van der Waals surface area contributed by atoms with E-state index in [-0.39, 0.29) is 60.9 Å². The number of carbonyl (C=O) groups is 10. The number of hydrogen-bond acceptors (Lipinski definition) is 29. The monoisotopic (exact) mass is 1720 g/mol. The number of carboxylic acid groups (broad SMARTS) is 1. The van der Waals surface area contributed by atoms with Crippen LogP contribution in [0.25, 0.3) is 44.3 Å². The molecule has 0 radical (unpaired) electrons. The number of likely N-dealkylation sites (tertiary alicyclic amines) is 2. The third kappa shape index (κ3) is 14.4. The molecule has 18 heterocycles. The van der Waals surface area contributed by atoms with E-state index in [2.05, 4.69) is 114 Å². The number of aromatic nitrogens is 14. The number of anilines is 8. The topological polar surface area (TPSA) is 456 Å². The van der Waals surface area contributed by atoms with E-state index in [0.717, 1.165) is 200 Å². The third-order valence-electron chi connectivity index (χ3n) is 27.7. The van der Waals surface area contributed by atoms with Gasteiger partial charge in [-0.15, -0.1) is 0 Å². The molecule has 10 aromatic rings. The highest BCUT2D eigenvalue weighted by Gasteiger charge is 2.55. The van der Waals surface area contributed by atoms with Crippen LogP contribution >= 0.6 is 0 Å². The highest BCUT2D eigenvalue weighted by Crippen LogP contribution is 2.47. The fourth-order valence-electron chi connectivity index (χ4n) is 20.9. The number of amides is 9. The van der Waals surface area contributed by atoms with Crippen molar-refractivity contribution in [3.63, 3.8) is 0 Å². The number of hydrogen-bond donors (Lipinski definition) is 7. The van der Waals surface area contributed by atoms with Crippen molar-refractivity contribution >= 4 is 127 Å². The first kappa shape index (κ1) is 81.1. The number of rotatable bonds is 15. The number of imide groups is 4. The minimum Gasteiger partial charge on any atom is -0.478 e. The van der Waals surface area contributed by atoms with Crippen LogP contribution in [-0.2, 0) is 28.8 Å². The van der Waals surface area contributed by atoms with E-state index < -0.39 is 53.5 Å². The molecule has 8 N–H and O–H groups in total. The number of benzene rings is 4. The molecule has 0 saturated carbocycles. The largest absolute Gasteiger partial charge is 0.478 e. The number of pyridine rings is 2. The number of carbonyl (C=O) groups excluding carboxylic acids is 9. The number of allylic oxidation sites excluding steroid dienone is 2. The van der Waals surface area contributed by atoms with Gasteiger partial charge >= 0.3 is 5.97 Å². The Morgan fingerprint density at radius 3 is 1.39 bits per heavy atom. The second-order valence-electron chi connectivity index (χ2n) is 35.9. The molecule has 6 aromatic heterocycles. The molecule has 12 aliphatic heterocycles. The molecule has 9 amide bonds. The van der Waals surface area contributed by atoms with Crippen molar-refractivity contribution in [2.45, 2.75) is 103 Å². The summed E-state index contributed by atoms with van der Waals surface area (Å²) >= 11 is 0. The summed E-state index contributed by atoms with van der Waals surface area (Å²) in [5.74, 6) is -0.781. The van der Waals surface area contributed by atoms with Crippen molar-refractivity contribution in [2.24, 2.45) is 22.7 Å². The summed E-state index contributed by atoms with van der Waals surface area (Å²) in [4.78, 5) is 155. The zero-order valence-corrected chi connectivity index (χ0v) is 70.9. The summed E-state index contributed by atoms with van der Waals surface area (Å²) in [5, 5.41) is 57.2. The van der Waals surface area contributed by atoms with Crippen molar-refractivity contribution in [1.82, 2.24) is 101 Å². The first-order valence-corrected chi connectivity index (χ1v) is 43.0. The Morgan fingerprint density at radius 2 is 0.937 bits per heavy atom. The summed E-state index contributed by atoms with van der Waals surface area (Å²) in [5.41, 5.74) is 18.9. The third-order valence-corrected chi connectivity index (χ3v) is 27.7. The van der Waals surface area contributed by atoms with Gasteiger partial charge in [-0.25, -0.2) is 24.1 Å². The molecule has 8 fully saturated rings. The average molecular weight is 1720 g/mol. The fraction of sp³-hybridized carbons (Fsp3) is 0.409. The molecule has 2 unspecified atom stereocenters. The minimum absolute atomic E-state index is 0.0933.